The molecule has 4 N–H and O–H groups in total. The van der Waals surface area contributed by atoms with Crippen molar-refractivity contribution in [3.05, 3.63) is 46.5 Å². The van der Waals surface area contributed by atoms with E-state index in [1.807, 2.05) is 19.1 Å². The maximum absolute atomic E-state index is 13.4. The fraction of sp³-hybridized carbons (Fsp3) is 0.500. The van der Waals surface area contributed by atoms with Gasteiger partial charge in [0.1, 0.15) is 17.4 Å². The van der Waals surface area contributed by atoms with Crippen LogP contribution in [0.15, 0.2) is 35.5 Å². The van der Waals surface area contributed by atoms with Crippen LogP contribution in [0.5, 0.6) is 11.5 Å². The van der Waals surface area contributed by atoms with E-state index in [-0.39, 0.29) is 36.1 Å². The van der Waals surface area contributed by atoms with Gasteiger partial charge >= 0.3 is 21.6 Å². The molecule has 238 valence electrons. The minimum absolute atomic E-state index is 0.0901. The third kappa shape index (κ3) is 11.4. The topological polar surface area (TPSA) is 202 Å². The highest BCUT2D eigenvalue weighted by Gasteiger charge is 2.32. The molecule has 2 aliphatic rings. The normalized spacial score (nSPS) is 23.0. The summed E-state index contributed by atoms with van der Waals surface area (Å²) in [6.45, 7) is 4.42. The molecule has 1 amide bonds. The molecule has 1 aromatic carbocycles. The number of rotatable bonds is 7. The highest BCUT2D eigenvalue weighted by atomic mass is 35.5. The Morgan fingerprint density at radius 3 is 2.35 bits per heavy atom. The van der Waals surface area contributed by atoms with Gasteiger partial charge in [-0.3, -0.25) is 24.4 Å². The lowest BCUT2D eigenvalue weighted by atomic mass is 9.98. The van der Waals surface area contributed by atoms with Gasteiger partial charge in [-0.25, -0.2) is 13.9 Å². The van der Waals surface area contributed by atoms with Crippen molar-refractivity contribution in [2.45, 2.75) is 58.5 Å². The van der Waals surface area contributed by atoms with Gasteiger partial charge in [0.05, 0.1) is 10.7 Å². The summed E-state index contributed by atoms with van der Waals surface area (Å²) >= 11 is 6.49. The van der Waals surface area contributed by atoms with Gasteiger partial charge < -0.3 is 23.5 Å². The van der Waals surface area contributed by atoms with E-state index in [0.717, 1.165) is 19.3 Å². The number of halogens is 1. The first kappa shape index (κ1) is 34.8. The fourth-order valence-electron chi connectivity index (χ4n) is 4.44. The number of likely N-dealkylation sites (tertiary alicyclic amines) is 1. The van der Waals surface area contributed by atoms with E-state index in [2.05, 4.69) is 9.68 Å². The van der Waals surface area contributed by atoms with E-state index in [9.17, 15) is 38.3 Å². The summed E-state index contributed by atoms with van der Waals surface area (Å²) in [6.07, 6.45) is 9.70. The van der Waals surface area contributed by atoms with Crippen molar-refractivity contribution in [1.82, 2.24) is 4.90 Å². The van der Waals surface area contributed by atoms with Crippen LogP contribution in [-0.2, 0) is 29.9 Å². The van der Waals surface area contributed by atoms with Gasteiger partial charge in [0.25, 0.3) is 5.91 Å². The molecule has 1 saturated heterocycles. The van der Waals surface area contributed by atoms with Crippen molar-refractivity contribution < 1.29 is 56.9 Å². The number of fused-ring (bicyclic) bond motifs is 1. The van der Waals surface area contributed by atoms with E-state index in [1.165, 1.54) is 0 Å². The number of phosphoric ester groups is 2. The molecular weight excluding hydrogens is 630 g/mol. The minimum atomic E-state index is -5.32. The van der Waals surface area contributed by atoms with Crippen molar-refractivity contribution in [3.63, 3.8) is 0 Å². The van der Waals surface area contributed by atoms with Gasteiger partial charge in [-0.15, -0.1) is 0 Å². The number of ether oxygens (including phenoxy) is 1. The van der Waals surface area contributed by atoms with Crippen molar-refractivity contribution in [2.75, 3.05) is 19.7 Å². The number of hydrogen-bond acceptors (Lipinski definition) is 9. The van der Waals surface area contributed by atoms with Crippen molar-refractivity contribution in [3.8, 4) is 11.5 Å². The predicted molar refractivity (Wildman–Crippen MR) is 156 cm³/mol. The van der Waals surface area contributed by atoms with E-state index in [1.54, 1.807) is 24.0 Å². The first-order valence-electron chi connectivity index (χ1n) is 13.5. The lowest BCUT2D eigenvalue weighted by Gasteiger charge is -2.26. The standard InChI is InChI=1S/C26H35ClN2O12P2/c1-17-8-6-10-18(2)39-26(31)24-20(25(27)22(41-43(35,36)37)15-21(24)40-42(32,33)34)14-19(11-7-9-17)28-38-16-23(30)29-12-4-3-5-13-29/h6-8,11,15,17-18H,3-5,9-10,12-14,16H2,1-2H3,(H2,32,33,34)(H2,35,36,37)/b8-6+,11-7+,28-19-/t17-,18+/m0/s1. The van der Waals surface area contributed by atoms with Gasteiger partial charge in [-0.1, -0.05) is 41.9 Å². The number of piperidine rings is 1. The molecule has 43 heavy (non-hydrogen) atoms. The first-order chi connectivity index (χ1) is 20.1. The molecule has 3 rings (SSSR count). The zero-order valence-corrected chi connectivity index (χ0v) is 26.2. The Hall–Kier alpha value is -2.70. The molecule has 0 spiro atoms. The second-order valence-electron chi connectivity index (χ2n) is 10.2. The number of amides is 1. The van der Waals surface area contributed by atoms with Crippen LogP contribution in [0.1, 0.15) is 61.9 Å². The lowest BCUT2D eigenvalue weighted by Crippen LogP contribution is -2.37. The number of carbonyl (C=O) groups excluding carboxylic acids is 2. The van der Waals surface area contributed by atoms with E-state index in [4.69, 9.17) is 25.7 Å². The fourth-order valence-corrected chi connectivity index (χ4v) is 5.55. The lowest BCUT2D eigenvalue weighted by molar-refractivity contribution is -0.137. The second-order valence-corrected chi connectivity index (χ2v) is 12.9. The third-order valence-corrected chi connectivity index (χ3v) is 7.71. The van der Waals surface area contributed by atoms with Crippen molar-refractivity contribution in [1.29, 1.82) is 0 Å². The monoisotopic (exact) mass is 664 g/mol. The van der Waals surface area contributed by atoms with E-state index in [0.29, 0.717) is 32.0 Å². The van der Waals surface area contributed by atoms with Crippen LogP contribution in [0, 0.1) is 5.92 Å². The van der Waals surface area contributed by atoms with Crippen LogP contribution >= 0.6 is 27.2 Å². The van der Waals surface area contributed by atoms with Crippen LogP contribution in [-0.4, -0.2) is 67.9 Å². The molecule has 2 heterocycles. The SMILES string of the molecule is C[C@@H]1C/C=C/[C@H](C)C/C=C/C(=N/OCC(=O)N2CCCCC2)Cc2c(Cl)c(OP(=O)(O)O)cc(OP(=O)(O)O)c2C(=O)O1. The summed E-state index contributed by atoms with van der Waals surface area (Å²) in [5, 5.41) is 3.59. The molecule has 1 aromatic rings. The van der Waals surface area contributed by atoms with Crippen molar-refractivity contribution >= 4 is 44.8 Å². The Labute approximate surface area is 253 Å². The molecule has 14 nitrogen and oxygen atoms in total. The molecule has 0 radical (unpaired) electrons. The first-order valence-corrected chi connectivity index (χ1v) is 16.9. The van der Waals surface area contributed by atoms with Crippen LogP contribution in [0.3, 0.4) is 0 Å². The molecule has 0 saturated carbocycles. The molecule has 1 fully saturated rings. The average Bonchev–Trinajstić information content (AvgIpc) is 2.89. The zero-order chi connectivity index (χ0) is 31.8. The number of esters is 1. The van der Waals surface area contributed by atoms with Crippen LogP contribution in [0.4, 0.5) is 0 Å². The molecule has 0 unspecified atom stereocenters. The predicted octanol–water partition coefficient (Wildman–Crippen LogP) is 4.30. The molecule has 17 heteroatoms. The van der Waals surface area contributed by atoms with Crippen LogP contribution < -0.4 is 9.05 Å². The Morgan fingerprint density at radius 1 is 1.05 bits per heavy atom. The van der Waals surface area contributed by atoms with Crippen LogP contribution in [0.25, 0.3) is 0 Å². The van der Waals surface area contributed by atoms with Gasteiger partial charge in [0, 0.05) is 32.0 Å². The average molecular weight is 665 g/mol. The molecular formula is C26H35ClN2O12P2. The molecule has 0 bridgehead atoms. The zero-order valence-electron chi connectivity index (χ0n) is 23.6. The summed E-state index contributed by atoms with van der Waals surface area (Å²) in [7, 11) is -10.6. The van der Waals surface area contributed by atoms with Gasteiger partial charge in [-0.05, 0) is 50.2 Å². The van der Waals surface area contributed by atoms with Gasteiger partial charge in [-0.2, -0.15) is 0 Å². The summed E-state index contributed by atoms with van der Waals surface area (Å²) in [5.74, 6) is -2.78. The number of oxime groups is 1. The number of benzene rings is 1. The number of nitrogens with zero attached hydrogens (tertiary/aromatic N) is 2. The smallest absolute Gasteiger partial charge is 0.459 e. The minimum Gasteiger partial charge on any atom is -0.459 e. The van der Waals surface area contributed by atoms with E-state index < -0.39 is 49.8 Å². The summed E-state index contributed by atoms with van der Waals surface area (Å²) in [4.78, 5) is 71.0. The summed E-state index contributed by atoms with van der Waals surface area (Å²) in [5.41, 5.74) is -0.652. The summed E-state index contributed by atoms with van der Waals surface area (Å²) in [6, 6.07) is 0.677. The van der Waals surface area contributed by atoms with Gasteiger partial charge in [0.2, 0.25) is 0 Å². The number of phosphoric acid groups is 2. The summed E-state index contributed by atoms with van der Waals surface area (Å²) < 4.78 is 38.4. The Kier molecular flexibility index (Phi) is 12.4. The Balaban J connectivity index is 2.13. The molecule has 0 aromatic heterocycles. The highest BCUT2D eigenvalue weighted by Crippen LogP contribution is 2.49. The highest BCUT2D eigenvalue weighted by molar-refractivity contribution is 7.47. The van der Waals surface area contributed by atoms with Crippen LogP contribution in [0.2, 0.25) is 5.02 Å². The maximum Gasteiger partial charge on any atom is 0.524 e. The maximum atomic E-state index is 13.4. The third-order valence-electron chi connectivity index (χ3n) is 6.43. The number of carbonyl (C=O) groups is 2. The quantitative estimate of drug-likeness (QED) is 0.140. The second kappa shape index (κ2) is 15.3. The Bertz CT molecular complexity index is 1360. The van der Waals surface area contributed by atoms with E-state index >= 15 is 0 Å². The number of hydrogen-bond donors (Lipinski definition) is 4. The molecule has 0 aliphatic carbocycles. The molecule has 2 atom stereocenters. The molecule has 2 aliphatic heterocycles. The van der Waals surface area contributed by atoms with Crippen molar-refractivity contribution in [2.24, 2.45) is 11.1 Å². The number of allylic oxidation sites excluding steroid dienone is 3. The van der Waals surface area contributed by atoms with Gasteiger partial charge in [0.15, 0.2) is 12.4 Å². The Morgan fingerprint density at radius 2 is 1.70 bits per heavy atom. The largest absolute Gasteiger partial charge is 0.524 e. The number of cyclic esters (lactones) is 1.